The number of ether oxygens (including phenoxy) is 1. The van der Waals surface area contributed by atoms with E-state index in [0.29, 0.717) is 28.0 Å². The quantitative estimate of drug-likeness (QED) is 0.523. The number of anilines is 1. The molecule has 2 aromatic carbocycles. The lowest BCUT2D eigenvalue weighted by Crippen LogP contribution is -2.47. The molecule has 3 aromatic rings. The van der Waals surface area contributed by atoms with E-state index in [0.717, 1.165) is 0 Å². The third-order valence-corrected chi connectivity index (χ3v) is 4.37. The Labute approximate surface area is 161 Å². The molecule has 0 aliphatic rings. The lowest BCUT2D eigenvalue weighted by molar-refractivity contribution is -0.118. The van der Waals surface area contributed by atoms with Crippen LogP contribution in [0.25, 0.3) is 11.0 Å². The number of H-pyrrole nitrogens is 2. The van der Waals surface area contributed by atoms with Crippen LogP contribution in [0.15, 0.2) is 47.3 Å². The summed E-state index contributed by atoms with van der Waals surface area (Å²) in [6.45, 7) is 3.71. The number of aromatic amines is 2. The first-order valence-electron chi connectivity index (χ1n) is 8.85. The van der Waals surface area contributed by atoms with E-state index in [-0.39, 0.29) is 23.4 Å². The van der Waals surface area contributed by atoms with E-state index in [2.05, 4.69) is 20.6 Å². The van der Waals surface area contributed by atoms with Gasteiger partial charge in [-0.05, 0) is 48.4 Å². The van der Waals surface area contributed by atoms with Crippen LogP contribution in [0.4, 0.5) is 5.69 Å². The maximum absolute atomic E-state index is 12.7. The number of amides is 2. The number of rotatable bonds is 6. The van der Waals surface area contributed by atoms with Crippen LogP contribution in [-0.2, 0) is 4.79 Å². The van der Waals surface area contributed by atoms with Gasteiger partial charge < -0.3 is 25.3 Å². The average Bonchev–Trinajstić information content (AvgIpc) is 3.04. The number of hydrogen-bond donors (Lipinski definition) is 4. The first-order valence-corrected chi connectivity index (χ1v) is 8.85. The highest BCUT2D eigenvalue weighted by atomic mass is 16.5. The Morgan fingerprint density at radius 1 is 1.00 bits per heavy atom. The summed E-state index contributed by atoms with van der Waals surface area (Å²) in [4.78, 5) is 41.9. The Morgan fingerprint density at radius 3 is 2.32 bits per heavy atom. The van der Waals surface area contributed by atoms with Crippen molar-refractivity contribution in [1.29, 1.82) is 0 Å². The molecule has 28 heavy (non-hydrogen) atoms. The van der Waals surface area contributed by atoms with Crippen LogP contribution in [-0.4, -0.2) is 34.9 Å². The van der Waals surface area contributed by atoms with Crippen molar-refractivity contribution in [2.24, 2.45) is 5.92 Å². The Balaban J connectivity index is 1.73. The van der Waals surface area contributed by atoms with Gasteiger partial charge in [0.1, 0.15) is 11.8 Å². The zero-order valence-corrected chi connectivity index (χ0v) is 15.8. The van der Waals surface area contributed by atoms with Crippen molar-refractivity contribution < 1.29 is 14.3 Å². The number of benzene rings is 2. The zero-order chi connectivity index (χ0) is 20.3. The maximum atomic E-state index is 12.7. The molecule has 1 aromatic heterocycles. The molecule has 0 spiro atoms. The number of aromatic nitrogens is 2. The maximum Gasteiger partial charge on any atom is 0.323 e. The molecule has 1 atom stereocenters. The molecule has 0 radical (unpaired) electrons. The molecule has 146 valence electrons. The van der Waals surface area contributed by atoms with Gasteiger partial charge in [0.25, 0.3) is 5.91 Å². The number of nitrogens with one attached hydrogen (secondary N) is 4. The molecule has 0 bridgehead atoms. The van der Waals surface area contributed by atoms with Gasteiger partial charge in [0.2, 0.25) is 5.91 Å². The van der Waals surface area contributed by atoms with Gasteiger partial charge >= 0.3 is 5.69 Å². The number of carbonyl (C=O) groups excluding carboxylic acids is 2. The summed E-state index contributed by atoms with van der Waals surface area (Å²) in [5, 5.41) is 5.57. The zero-order valence-electron chi connectivity index (χ0n) is 15.8. The molecule has 3 rings (SSSR count). The van der Waals surface area contributed by atoms with E-state index in [4.69, 9.17) is 4.74 Å². The van der Waals surface area contributed by atoms with Crippen LogP contribution in [0, 0.1) is 5.92 Å². The highest BCUT2D eigenvalue weighted by Gasteiger charge is 2.25. The van der Waals surface area contributed by atoms with E-state index in [1.165, 1.54) is 0 Å². The lowest BCUT2D eigenvalue weighted by Gasteiger charge is -2.22. The highest BCUT2D eigenvalue weighted by Crippen LogP contribution is 2.16. The van der Waals surface area contributed by atoms with Crippen LogP contribution >= 0.6 is 0 Å². The van der Waals surface area contributed by atoms with Gasteiger partial charge in [-0.2, -0.15) is 0 Å². The number of hydrogen-bond acceptors (Lipinski definition) is 4. The molecule has 0 fully saturated rings. The van der Waals surface area contributed by atoms with E-state index in [1.807, 2.05) is 13.8 Å². The Hall–Kier alpha value is -3.55. The Morgan fingerprint density at radius 2 is 1.68 bits per heavy atom. The fourth-order valence-electron chi connectivity index (χ4n) is 2.83. The highest BCUT2D eigenvalue weighted by molar-refractivity contribution is 6.01. The summed E-state index contributed by atoms with van der Waals surface area (Å²) >= 11 is 0. The van der Waals surface area contributed by atoms with Crippen molar-refractivity contribution in [3.8, 4) is 5.75 Å². The van der Waals surface area contributed by atoms with Gasteiger partial charge in [0.15, 0.2) is 0 Å². The van der Waals surface area contributed by atoms with Crippen molar-refractivity contribution in [2.75, 3.05) is 12.4 Å². The fourth-order valence-corrected chi connectivity index (χ4v) is 2.83. The molecule has 0 aliphatic heterocycles. The van der Waals surface area contributed by atoms with Gasteiger partial charge in [0, 0.05) is 11.3 Å². The SMILES string of the molecule is COc1ccc(C(=O)NC(C(=O)Nc2ccc3[nH]c(=O)[nH]c3c2)C(C)C)cc1. The summed E-state index contributed by atoms with van der Waals surface area (Å²) < 4.78 is 5.08. The summed E-state index contributed by atoms with van der Waals surface area (Å²) in [7, 11) is 1.55. The van der Waals surface area contributed by atoms with Crippen molar-refractivity contribution >= 4 is 28.5 Å². The smallest absolute Gasteiger partial charge is 0.323 e. The van der Waals surface area contributed by atoms with Crippen LogP contribution in [0.2, 0.25) is 0 Å². The van der Waals surface area contributed by atoms with Crippen LogP contribution in [0.3, 0.4) is 0 Å². The van der Waals surface area contributed by atoms with Crippen molar-refractivity contribution in [2.45, 2.75) is 19.9 Å². The second-order valence-electron chi connectivity index (χ2n) is 6.75. The van der Waals surface area contributed by atoms with Gasteiger partial charge in [-0.3, -0.25) is 9.59 Å². The standard InChI is InChI=1S/C20H22N4O4/c1-11(2)17(24-18(25)12-4-7-14(28-3)8-5-12)19(26)21-13-6-9-15-16(10-13)23-20(27)22-15/h4-11,17H,1-3H3,(H,21,26)(H,24,25)(H2,22,23,27). The van der Waals surface area contributed by atoms with E-state index >= 15 is 0 Å². The minimum atomic E-state index is -0.726. The second kappa shape index (κ2) is 7.99. The summed E-state index contributed by atoms with van der Waals surface area (Å²) in [6, 6.07) is 11.0. The fraction of sp³-hybridized carbons (Fsp3) is 0.250. The molecule has 0 saturated heterocycles. The molecule has 8 nitrogen and oxygen atoms in total. The minimum absolute atomic E-state index is 0.127. The summed E-state index contributed by atoms with van der Waals surface area (Å²) in [5.74, 6) is -0.165. The van der Waals surface area contributed by atoms with E-state index in [9.17, 15) is 14.4 Å². The lowest BCUT2D eigenvalue weighted by atomic mass is 10.0. The number of carbonyl (C=O) groups is 2. The topological polar surface area (TPSA) is 116 Å². The molecule has 8 heteroatoms. The number of methoxy groups -OCH3 is 1. The van der Waals surface area contributed by atoms with Crippen molar-refractivity contribution in [1.82, 2.24) is 15.3 Å². The van der Waals surface area contributed by atoms with E-state index < -0.39 is 6.04 Å². The predicted molar refractivity (Wildman–Crippen MR) is 107 cm³/mol. The van der Waals surface area contributed by atoms with Crippen molar-refractivity contribution in [3.63, 3.8) is 0 Å². The van der Waals surface area contributed by atoms with Gasteiger partial charge in [-0.25, -0.2) is 4.79 Å². The Bertz CT molecular complexity index is 1050. The molecular weight excluding hydrogens is 360 g/mol. The molecule has 2 amide bonds. The third kappa shape index (κ3) is 4.22. The molecule has 0 saturated carbocycles. The predicted octanol–water partition coefficient (Wildman–Crippen LogP) is 2.26. The third-order valence-electron chi connectivity index (χ3n) is 4.37. The monoisotopic (exact) mass is 382 g/mol. The Kier molecular flexibility index (Phi) is 5.49. The first kappa shape index (κ1) is 19.2. The molecular formula is C20H22N4O4. The molecule has 1 heterocycles. The van der Waals surface area contributed by atoms with Gasteiger partial charge in [-0.15, -0.1) is 0 Å². The van der Waals surface area contributed by atoms with Crippen molar-refractivity contribution in [3.05, 3.63) is 58.5 Å². The second-order valence-corrected chi connectivity index (χ2v) is 6.75. The van der Waals surface area contributed by atoms with Crippen LogP contribution in [0.1, 0.15) is 24.2 Å². The molecule has 4 N–H and O–H groups in total. The minimum Gasteiger partial charge on any atom is -0.497 e. The van der Waals surface area contributed by atoms with E-state index in [1.54, 1.807) is 49.6 Å². The number of imidazole rings is 1. The number of fused-ring (bicyclic) bond motifs is 1. The summed E-state index contributed by atoms with van der Waals surface area (Å²) in [5.41, 5.74) is 1.88. The largest absolute Gasteiger partial charge is 0.497 e. The van der Waals surface area contributed by atoms with Gasteiger partial charge in [-0.1, -0.05) is 13.8 Å². The average molecular weight is 382 g/mol. The molecule has 1 unspecified atom stereocenters. The van der Waals surface area contributed by atoms with Gasteiger partial charge in [0.05, 0.1) is 18.1 Å². The normalized spacial score (nSPS) is 12.0. The van der Waals surface area contributed by atoms with Crippen LogP contribution < -0.4 is 21.1 Å². The van der Waals surface area contributed by atoms with Crippen LogP contribution in [0.5, 0.6) is 5.75 Å². The molecule has 0 aliphatic carbocycles. The first-order chi connectivity index (χ1) is 13.4. The summed E-state index contributed by atoms with van der Waals surface area (Å²) in [6.07, 6.45) is 0.